The van der Waals surface area contributed by atoms with Gasteiger partial charge in [-0.25, -0.2) is 0 Å². The van der Waals surface area contributed by atoms with Crippen molar-refractivity contribution in [1.82, 2.24) is 0 Å². The van der Waals surface area contributed by atoms with Crippen molar-refractivity contribution in [3.8, 4) is 5.75 Å². The molecule has 1 aromatic rings. The Kier molecular flexibility index (Phi) is 2.77. The molecule has 0 spiro atoms. The number of hydrogen-bond donors (Lipinski definition) is 0. The summed E-state index contributed by atoms with van der Waals surface area (Å²) in [6.07, 6.45) is 2.20. The van der Waals surface area contributed by atoms with Gasteiger partial charge in [0.15, 0.2) is 0 Å². The Balaban J connectivity index is 2.48. The molecule has 0 aromatic heterocycles. The molecule has 1 unspecified atom stereocenters. The highest BCUT2D eigenvalue weighted by molar-refractivity contribution is 14.1. The van der Waals surface area contributed by atoms with E-state index < -0.39 is 0 Å². The Hall–Kier alpha value is -0.250. The molecular formula is C11H13IO. The van der Waals surface area contributed by atoms with E-state index in [4.69, 9.17) is 4.74 Å². The van der Waals surface area contributed by atoms with Gasteiger partial charge in [-0.1, -0.05) is 47.7 Å². The molecule has 70 valence electrons. The molecule has 1 aliphatic heterocycles. The summed E-state index contributed by atoms with van der Waals surface area (Å²) in [5.41, 5.74) is 2.73. The molecule has 1 aromatic carbocycles. The predicted molar refractivity (Wildman–Crippen MR) is 62.7 cm³/mol. The van der Waals surface area contributed by atoms with E-state index in [1.54, 1.807) is 0 Å². The zero-order valence-electron chi connectivity index (χ0n) is 7.72. The lowest BCUT2D eigenvalue weighted by atomic mass is 10.0. The minimum absolute atomic E-state index is 0.632. The Bertz CT molecular complexity index is 309. The van der Waals surface area contributed by atoms with E-state index in [9.17, 15) is 0 Å². The number of ether oxygens (including phenoxy) is 1. The van der Waals surface area contributed by atoms with E-state index in [0.717, 1.165) is 25.2 Å². The van der Waals surface area contributed by atoms with Gasteiger partial charge in [0, 0.05) is 9.49 Å². The van der Waals surface area contributed by atoms with Crippen molar-refractivity contribution in [3.05, 3.63) is 29.3 Å². The molecule has 1 aliphatic rings. The molecule has 1 atom stereocenters. The van der Waals surface area contributed by atoms with Crippen molar-refractivity contribution in [2.24, 2.45) is 0 Å². The molecule has 13 heavy (non-hydrogen) atoms. The first-order chi connectivity index (χ1) is 6.33. The monoisotopic (exact) mass is 288 g/mol. The van der Waals surface area contributed by atoms with Gasteiger partial charge >= 0.3 is 0 Å². The van der Waals surface area contributed by atoms with Gasteiger partial charge in [0.05, 0.1) is 6.61 Å². The second-order valence-corrected chi connectivity index (χ2v) is 4.80. The number of fused-ring (bicyclic) bond motifs is 1. The fraction of sp³-hybridized carbons (Fsp3) is 0.455. The maximum Gasteiger partial charge on any atom is 0.126 e. The summed E-state index contributed by atoms with van der Waals surface area (Å²) in [5.74, 6) is 1.15. The van der Waals surface area contributed by atoms with E-state index in [1.165, 1.54) is 11.1 Å². The van der Waals surface area contributed by atoms with E-state index >= 15 is 0 Å². The Labute approximate surface area is 92.6 Å². The van der Waals surface area contributed by atoms with Gasteiger partial charge in [0.1, 0.15) is 5.75 Å². The standard InChI is InChI=1S/C11H13IO/c1-2-8-4-3-5-9-10(12)6-7-13-11(8)9/h3-5,10H,2,6-7H2,1H3. The first-order valence-electron chi connectivity index (χ1n) is 4.71. The second kappa shape index (κ2) is 3.86. The third-order valence-corrected chi connectivity index (χ3v) is 3.76. The van der Waals surface area contributed by atoms with E-state index in [1.807, 2.05) is 0 Å². The number of halogens is 1. The lowest BCUT2D eigenvalue weighted by Crippen LogP contribution is -2.11. The quantitative estimate of drug-likeness (QED) is 0.567. The van der Waals surface area contributed by atoms with Crippen LogP contribution < -0.4 is 4.74 Å². The summed E-state index contributed by atoms with van der Waals surface area (Å²) in [4.78, 5) is 0. The van der Waals surface area contributed by atoms with Crippen LogP contribution in [0.5, 0.6) is 5.75 Å². The number of para-hydroxylation sites is 1. The van der Waals surface area contributed by atoms with Crippen molar-refractivity contribution in [2.75, 3.05) is 6.61 Å². The van der Waals surface area contributed by atoms with Gasteiger partial charge in [-0.2, -0.15) is 0 Å². The average Bonchev–Trinajstić information content (AvgIpc) is 2.18. The van der Waals surface area contributed by atoms with Gasteiger partial charge in [-0.3, -0.25) is 0 Å². The van der Waals surface area contributed by atoms with Crippen molar-refractivity contribution >= 4 is 22.6 Å². The van der Waals surface area contributed by atoms with Crippen LogP contribution in [-0.4, -0.2) is 6.61 Å². The van der Waals surface area contributed by atoms with Crippen molar-refractivity contribution in [3.63, 3.8) is 0 Å². The van der Waals surface area contributed by atoms with Gasteiger partial charge < -0.3 is 4.74 Å². The molecule has 0 bridgehead atoms. The maximum atomic E-state index is 5.71. The number of benzene rings is 1. The Morgan fingerprint density at radius 2 is 2.38 bits per heavy atom. The molecule has 2 heteroatoms. The zero-order chi connectivity index (χ0) is 9.26. The van der Waals surface area contributed by atoms with Crippen LogP contribution in [0.15, 0.2) is 18.2 Å². The summed E-state index contributed by atoms with van der Waals surface area (Å²) < 4.78 is 6.34. The molecule has 0 saturated carbocycles. The minimum atomic E-state index is 0.632. The first kappa shape index (κ1) is 9.31. The van der Waals surface area contributed by atoms with Crippen molar-refractivity contribution < 1.29 is 4.74 Å². The van der Waals surface area contributed by atoms with Crippen LogP contribution in [0.25, 0.3) is 0 Å². The molecule has 0 radical (unpaired) electrons. The van der Waals surface area contributed by atoms with E-state index in [0.29, 0.717) is 3.92 Å². The van der Waals surface area contributed by atoms with Crippen molar-refractivity contribution in [1.29, 1.82) is 0 Å². The Morgan fingerprint density at radius 3 is 3.15 bits per heavy atom. The van der Waals surface area contributed by atoms with Crippen LogP contribution in [0.4, 0.5) is 0 Å². The van der Waals surface area contributed by atoms with Gasteiger partial charge in [0.25, 0.3) is 0 Å². The zero-order valence-corrected chi connectivity index (χ0v) is 9.87. The van der Waals surface area contributed by atoms with E-state index in [-0.39, 0.29) is 0 Å². The molecule has 0 saturated heterocycles. The van der Waals surface area contributed by atoms with Crippen LogP contribution in [0.2, 0.25) is 0 Å². The highest BCUT2D eigenvalue weighted by atomic mass is 127. The van der Waals surface area contributed by atoms with Crippen LogP contribution in [0, 0.1) is 0 Å². The summed E-state index contributed by atoms with van der Waals surface area (Å²) in [6, 6.07) is 6.48. The maximum absolute atomic E-state index is 5.71. The number of aryl methyl sites for hydroxylation is 1. The molecule has 1 heterocycles. The highest BCUT2D eigenvalue weighted by Crippen LogP contribution is 2.39. The van der Waals surface area contributed by atoms with E-state index in [2.05, 4.69) is 47.7 Å². The molecule has 0 aliphatic carbocycles. The summed E-state index contributed by atoms with van der Waals surface area (Å²) in [7, 11) is 0. The average molecular weight is 288 g/mol. The minimum Gasteiger partial charge on any atom is -0.493 e. The van der Waals surface area contributed by atoms with Crippen LogP contribution in [-0.2, 0) is 6.42 Å². The largest absolute Gasteiger partial charge is 0.493 e. The van der Waals surface area contributed by atoms with Gasteiger partial charge in [-0.05, 0) is 18.4 Å². The third-order valence-electron chi connectivity index (χ3n) is 2.46. The molecule has 0 fully saturated rings. The van der Waals surface area contributed by atoms with Gasteiger partial charge in [0.2, 0.25) is 0 Å². The smallest absolute Gasteiger partial charge is 0.126 e. The summed E-state index contributed by atoms with van der Waals surface area (Å²) in [6.45, 7) is 3.05. The summed E-state index contributed by atoms with van der Waals surface area (Å²) >= 11 is 2.50. The van der Waals surface area contributed by atoms with Gasteiger partial charge in [-0.15, -0.1) is 0 Å². The molecular weight excluding hydrogens is 275 g/mol. The molecule has 0 N–H and O–H groups in total. The Morgan fingerprint density at radius 1 is 1.54 bits per heavy atom. The number of rotatable bonds is 1. The molecule has 1 nitrogen and oxygen atoms in total. The number of hydrogen-bond acceptors (Lipinski definition) is 1. The highest BCUT2D eigenvalue weighted by Gasteiger charge is 2.20. The second-order valence-electron chi connectivity index (χ2n) is 3.29. The summed E-state index contributed by atoms with van der Waals surface area (Å²) in [5, 5.41) is 0. The fourth-order valence-electron chi connectivity index (χ4n) is 1.73. The predicted octanol–water partition coefficient (Wildman–Crippen LogP) is 3.51. The topological polar surface area (TPSA) is 9.23 Å². The molecule has 0 amide bonds. The van der Waals surface area contributed by atoms with Crippen molar-refractivity contribution in [2.45, 2.75) is 23.7 Å². The van der Waals surface area contributed by atoms with Crippen LogP contribution in [0.3, 0.4) is 0 Å². The SMILES string of the molecule is CCc1cccc2c1OCCC2I. The fourth-order valence-corrected chi connectivity index (χ4v) is 2.47. The third kappa shape index (κ3) is 1.68. The first-order valence-corrected chi connectivity index (χ1v) is 5.96. The molecule has 2 rings (SSSR count). The van der Waals surface area contributed by atoms with Crippen LogP contribution in [0.1, 0.15) is 28.4 Å². The normalized spacial score (nSPS) is 20.6. The van der Waals surface area contributed by atoms with Crippen LogP contribution >= 0.6 is 22.6 Å². The lowest BCUT2D eigenvalue weighted by Gasteiger charge is -2.23. The lowest BCUT2D eigenvalue weighted by molar-refractivity contribution is 0.286. The number of alkyl halides is 1.